The summed E-state index contributed by atoms with van der Waals surface area (Å²) in [5, 5.41) is 0. The van der Waals surface area contributed by atoms with Gasteiger partial charge in [0.2, 0.25) is 15.9 Å². The summed E-state index contributed by atoms with van der Waals surface area (Å²) in [5.41, 5.74) is 6.14. The van der Waals surface area contributed by atoms with Crippen LogP contribution in [0.25, 0.3) is 0 Å². The number of nitrogens with zero attached hydrogens (tertiary/aromatic N) is 1. The molecule has 0 aliphatic carbocycles. The van der Waals surface area contributed by atoms with Crippen molar-refractivity contribution in [1.82, 2.24) is 9.62 Å². The Hall–Kier alpha value is -0.660. The van der Waals surface area contributed by atoms with Gasteiger partial charge >= 0.3 is 0 Å². The Morgan fingerprint density at radius 1 is 1.43 bits per heavy atom. The predicted octanol–water partition coefficient (Wildman–Crippen LogP) is 0.680. The number of piperidine rings is 1. The maximum Gasteiger partial charge on any atom is 0.224 e. The summed E-state index contributed by atoms with van der Waals surface area (Å²) in [4.78, 5) is 14.0. The third-order valence-electron chi connectivity index (χ3n) is 3.47. The minimum atomic E-state index is -3.23. The molecule has 0 aromatic heterocycles. The van der Waals surface area contributed by atoms with Crippen LogP contribution in [-0.4, -0.2) is 50.7 Å². The Kier molecular flexibility index (Phi) is 6.19. The van der Waals surface area contributed by atoms with Crippen LogP contribution in [0.2, 0.25) is 0 Å². The van der Waals surface area contributed by atoms with Crippen molar-refractivity contribution >= 4 is 15.9 Å². The molecule has 0 spiro atoms. The zero-order chi connectivity index (χ0) is 16.3. The van der Waals surface area contributed by atoms with Crippen LogP contribution in [0, 0.1) is 5.41 Å². The highest BCUT2D eigenvalue weighted by molar-refractivity contribution is 7.88. The van der Waals surface area contributed by atoms with E-state index in [1.54, 1.807) is 4.90 Å². The van der Waals surface area contributed by atoms with Crippen LogP contribution in [0.4, 0.5) is 0 Å². The molecule has 1 heterocycles. The van der Waals surface area contributed by atoms with Crippen molar-refractivity contribution in [2.45, 2.75) is 58.5 Å². The van der Waals surface area contributed by atoms with Crippen LogP contribution in [-0.2, 0) is 14.8 Å². The van der Waals surface area contributed by atoms with Crippen molar-refractivity contribution in [3.63, 3.8) is 0 Å². The molecule has 2 atom stereocenters. The quantitative estimate of drug-likeness (QED) is 0.779. The van der Waals surface area contributed by atoms with Gasteiger partial charge < -0.3 is 10.6 Å². The molecule has 1 fully saturated rings. The molecule has 0 bridgehead atoms. The molecule has 0 radical (unpaired) electrons. The van der Waals surface area contributed by atoms with Crippen LogP contribution in [0.1, 0.15) is 46.5 Å². The number of rotatable bonds is 5. The number of hydrogen-bond donors (Lipinski definition) is 2. The minimum absolute atomic E-state index is 0.0201. The second-order valence-corrected chi connectivity index (χ2v) is 9.08. The van der Waals surface area contributed by atoms with Gasteiger partial charge in [0.15, 0.2) is 0 Å². The molecule has 0 aromatic rings. The van der Waals surface area contributed by atoms with E-state index in [0.29, 0.717) is 19.5 Å². The first-order chi connectivity index (χ1) is 9.46. The first kappa shape index (κ1) is 18.4. The molecule has 1 aliphatic rings. The number of amides is 1. The molecular formula is C14H29N3O3S. The largest absolute Gasteiger partial charge is 0.341 e. The van der Waals surface area contributed by atoms with Gasteiger partial charge in [-0.1, -0.05) is 20.8 Å². The molecule has 1 aliphatic heterocycles. The summed E-state index contributed by atoms with van der Waals surface area (Å²) in [6, 6.07) is -0.336. The summed E-state index contributed by atoms with van der Waals surface area (Å²) in [6.45, 7) is 7.43. The smallest absolute Gasteiger partial charge is 0.224 e. The van der Waals surface area contributed by atoms with Crippen molar-refractivity contribution in [3.05, 3.63) is 0 Å². The van der Waals surface area contributed by atoms with Crippen molar-refractivity contribution in [3.8, 4) is 0 Å². The standard InChI is InChI=1S/C14H29N3O3S/c1-14(2,3)9-11(15)8-13(18)17-7-5-6-12(10-17)16-21(4,19)20/h11-12,16H,5-10,15H2,1-4H3. The van der Waals surface area contributed by atoms with E-state index in [0.717, 1.165) is 25.5 Å². The number of nitrogens with one attached hydrogen (secondary N) is 1. The molecule has 0 aromatic carbocycles. The fourth-order valence-corrected chi connectivity index (χ4v) is 3.61. The maximum absolute atomic E-state index is 12.3. The maximum atomic E-state index is 12.3. The molecule has 0 saturated carbocycles. The second kappa shape index (κ2) is 7.07. The van der Waals surface area contributed by atoms with E-state index in [1.165, 1.54) is 0 Å². The van der Waals surface area contributed by atoms with Crippen molar-refractivity contribution in [2.24, 2.45) is 11.1 Å². The molecule has 6 nitrogen and oxygen atoms in total. The minimum Gasteiger partial charge on any atom is -0.341 e. The second-order valence-electron chi connectivity index (χ2n) is 7.30. The normalized spacial score (nSPS) is 22.1. The summed E-state index contributed by atoms with van der Waals surface area (Å²) in [6.07, 6.45) is 3.84. The van der Waals surface area contributed by atoms with Gasteiger partial charge in [-0.2, -0.15) is 0 Å². The molecule has 7 heteroatoms. The zero-order valence-corrected chi connectivity index (χ0v) is 14.4. The number of nitrogens with two attached hydrogens (primary N) is 1. The lowest BCUT2D eigenvalue weighted by Gasteiger charge is -2.34. The van der Waals surface area contributed by atoms with Gasteiger partial charge in [-0.05, 0) is 24.7 Å². The molecule has 1 saturated heterocycles. The van der Waals surface area contributed by atoms with Gasteiger partial charge in [-0.25, -0.2) is 13.1 Å². The van der Waals surface area contributed by atoms with Crippen molar-refractivity contribution in [2.75, 3.05) is 19.3 Å². The highest BCUT2D eigenvalue weighted by Gasteiger charge is 2.27. The van der Waals surface area contributed by atoms with E-state index >= 15 is 0 Å². The lowest BCUT2D eigenvalue weighted by molar-refractivity contribution is -0.132. The van der Waals surface area contributed by atoms with Crippen LogP contribution < -0.4 is 10.5 Å². The summed E-state index contributed by atoms with van der Waals surface area (Å²) < 4.78 is 25.1. The van der Waals surface area contributed by atoms with Gasteiger partial charge in [-0.15, -0.1) is 0 Å². The molecule has 3 N–H and O–H groups in total. The van der Waals surface area contributed by atoms with Crippen LogP contribution >= 0.6 is 0 Å². The van der Waals surface area contributed by atoms with E-state index < -0.39 is 10.0 Å². The summed E-state index contributed by atoms with van der Waals surface area (Å²) >= 11 is 0. The van der Waals surface area contributed by atoms with E-state index in [9.17, 15) is 13.2 Å². The van der Waals surface area contributed by atoms with Crippen LogP contribution in [0.3, 0.4) is 0 Å². The fraction of sp³-hybridized carbons (Fsp3) is 0.929. The molecule has 21 heavy (non-hydrogen) atoms. The van der Waals surface area contributed by atoms with Crippen molar-refractivity contribution < 1.29 is 13.2 Å². The van der Waals surface area contributed by atoms with E-state index in [4.69, 9.17) is 5.73 Å². The topological polar surface area (TPSA) is 92.5 Å². The lowest BCUT2D eigenvalue weighted by Crippen LogP contribution is -2.50. The molecule has 124 valence electrons. The van der Waals surface area contributed by atoms with E-state index in [1.807, 2.05) is 0 Å². The van der Waals surface area contributed by atoms with E-state index in [2.05, 4.69) is 25.5 Å². The average Bonchev–Trinajstić information content (AvgIpc) is 2.23. The highest BCUT2D eigenvalue weighted by Crippen LogP contribution is 2.22. The number of likely N-dealkylation sites (tertiary alicyclic amines) is 1. The Morgan fingerprint density at radius 2 is 2.05 bits per heavy atom. The third kappa shape index (κ3) is 7.78. The molecular weight excluding hydrogens is 290 g/mol. The highest BCUT2D eigenvalue weighted by atomic mass is 32.2. The Labute approximate surface area is 128 Å². The molecule has 1 amide bonds. The average molecular weight is 319 g/mol. The SMILES string of the molecule is CC(C)(C)CC(N)CC(=O)N1CCCC(NS(C)(=O)=O)C1. The number of sulfonamides is 1. The Balaban J connectivity index is 2.50. The van der Waals surface area contributed by atoms with Gasteiger partial charge in [0, 0.05) is 31.6 Å². The van der Waals surface area contributed by atoms with Gasteiger partial charge in [0.05, 0.1) is 6.26 Å². The first-order valence-corrected chi connectivity index (χ1v) is 9.36. The lowest BCUT2D eigenvalue weighted by atomic mass is 9.87. The summed E-state index contributed by atoms with van der Waals surface area (Å²) in [5.74, 6) is 0.0201. The monoisotopic (exact) mass is 319 g/mol. The Morgan fingerprint density at radius 3 is 2.57 bits per heavy atom. The van der Waals surface area contributed by atoms with Gasteiger partial charge in [-0.3, -0.25) is 4.79 Å². The zero-order valence-electron chi connectivity index (χ0n) is 13.6. The molecule has 2 unspecified atom stereocenters. The summed E-state index contributed by atoms with van der Waals surface area (Å²) in [7, 11) is -3.23. The van der Waals surface area contributed by atoms with Crippen molar-refractivity contribution in [1.29, 1.82) is 0 Å². The Bertz CT molecular complexity index is 457. The van der Waals surface area contributed by atoms with Crippen LogP contribution in [0.5, 0.6) is 0 Å². The first-order valence-electron chi connectivity index (χ1n) is 7.47. The number of hydrogen-bond acceptors (Lipinski definition) is 4. The molecule has 1 rings (SSSR count). The number of carbonyl (C=O) groups is 1. The number of carbonyl (C=O) groups excluding carboxylic acids is 1. The fourth-order valence-electron chi connectivity index (χ4n) is 2.81. The van der Waals surface area contributed by atoms with E-state index in [-0.39, 0.29) is 23.4 Å². The van der Waals surface area contributed by atoms with Gasteiger partial charge in [0.1, 0.15) is 0 Å². The van der Waals surface area contributed by atoms with Crippen LogP contribution in [0.15, 0.2) is 0 Å². The predicted molar refractivity (Wildman–Crippen MR) is 84.2 cm³/mol. The third-order valence-corrected chi connectivity index (χ3v) is 4.23. The van der Waals surface area contributed by atoms with Gasteiger partial charge in [0.25, 0.3) is 0 Å².